The molecule has 10 heavy (non-hydrogen) atoms. The van der Waals surface area contributed by atoms with Crippen molar-refractivity contribution >= 4 is 0 Å². The van der Waals surface area contributed by atoms with Crippen LogP contribution < -0.4 is 0 Å². The summed E-state index contributed by atoms with van der Waals surface area (Å²) in [6, 6.07) is 0. The molecular weight excluding hydrogens is 276 g/mol. The molecule has 0 aliphatic carbocycles. The van der Waals surface area contributed by atoms with Crippen molar-refractivity contribution in [1.82, 2.24) is 4.90 Å². The van der Waals surface area contributed by atoms with E-state index in [2.05, 4.69) is 25.8 Å². The van der Waals surface area contributed by atoms with E-state index in [1.54, 1.807) is 0 Å². The van der Waals surface area contributed by atoms with Crippen molar-refractivity contribution in [2.24, 2.45) is 5.41 Å². The molecule has 1 aliphatic rings. The molecule has 0 spiro atoms. The second-order valence-corrected chi connectivity index (χ2v) is 2.67. The first-order chi connectivity index (χ1) is 3.10. The van der Waals surface area contributed by atoms with Crippen LogP contribution in [0.4, 0.5) is 0 Å². The molecule has 1 saturated heterocycles. The summed E-state index contributed by atoms with van der Waals surface area (Å²) < 4.78 is 0. The number of likely N-dealkylation sites (tertiary alicyclic amines) is 1. The smallest absolute Gasteiger partial charge is 0 e. The van der Waals surface area contributed by atoms with Gasteiger partial charge in [0.15, 0.2) is 0 Å². The zero-order chi connectivity index (χ0) is 5.49. The summed E-state index contributed by atoms with van der Waals surface area (Å²) in [6.07, 6.45) is 0. The molecular formula is C7H15NY2-2. The third kappa shape index (κ3) is 5.77. The van der Waals surface area contributed by atoms with Gasteiger partial charge < -0.3 is 18.7 Å². The minimum absolute atomic E-state index is 0. The van der Waals surface area contributed by atoms with Crippen LogP contribution in [0.5, 0.6) is 0 Å². The second-order valence-electron chi connectivity index (χ2n) is 2.67. The first kappa shape index (κ1) is 18.1. The van der Waals surface area contributed by atoms with Crippen LogP contribution in [0.2, 0.25) is 0 Å². The van der Waals surface area contributed by atoms with E-state index in [4.69, 9.17) is 0 Å². The Bertz CT molecular complexity index is 75.7. The van der Waals surface area contributed by atoms with Crippen LogP contribution in [0.15, 0.2) is 0 Å². The van der Waals surface area contributed by atoms with E-state index in [0.29, 0.717) is 0 Å². The zero-order valence-electron chi connectivity index (χ0n) is 5.93. The molecule has 0 amide bonds. The average molecular weight is 291 g/mol. The summed E-state index contributed by atoms with van der Waals surface area (Å²) in [5.41, 5.74) is 0.120. The van der Waals surface area contributed by atoms with Gasteiger partial charge in [0.2, 0.25) is 0 Å². The van der Waals surface area contributed by atoms with Crippen molar-refractivity contribution in [2.45, 2.75) is 7.43 Å². The van der Waals surface area contributed by atoms with Crippen molar-refractivity contribution in [2.75, 3.05) is 20.1 Å². The third-order valence-corrected chi connectivity index (χ3v) is 1.21. The van der Waals surface area contributed by atoms with Gasteiger partial charge in [0.1, 0.15) is 0 Å². The Morgan fingerprint density at radius 2 is 1.50 bits per heavy atom. The summed E-state index contributed by atoms with van der Waals surface area (Å²) >= 11 is 0. The van der Waals surface area contributed by atoms with E-state index in [-0.39, 0.29) is 78.3 Å². The fourth-order valence-electron chi connectivity index (χ4n) is 1.10. The topological polar surface area (TPSA) is 3.24 Å². The molecule has 3 heteroatoms. The fourth-order valence-corrected chi connectivity index (χ4v) is 1.10. The molecule has 0 aromatic rings. The first-order valence-electron chi connectivity index (χ1n) is 2.49. The quantitative estimate of drug-likeness (QED) is 0.607. The van der Waals surface area contributed by atoms with Gasteiger partial charge in [-0.3, -0.25) is 5.41 Å². The maximum Gasteiger partial charge on any atom is 0 e. The largest absolute Gasteiger partial charge is 0.364 e. The molecule has 0 aromatic carbocycles. The Morgan fingerprint density at radius 1 is 1.20 bits per heavy atom. The van der Waals surface area contributed by atoms with Crippen molar-refractivity contribution in [1.29, 1.82) is 0 Å². The molecule has 1 rings (SSSR count). The predicted octanol–water partition coefficient (Wildman–Crippen LogP) is 1.22. The van der Waals surface area contributed by atoms with E-state index in [1.807, 2.05) is 0 Å². The Balaban J connectivity index is -0.000000163. The van der Waals surface area contributed by atoms with Gasteiger partial charge in [0.05, 0.1) is 0 Å². The van der Waals surface area contributed by atoms with E-state index < -0.39 is 0 Å². The second kappa shape index (κ2) is 6.66. The van der Waals surface area contributed by atoms with Crippen molar-refractivity contribution in [3.8, 4) is 0 Å². The fraction of sp³-hybridized carbons (Fsp3) is 0.714. The van der Waals surface area contributed by atoms with Gasteiger partial charge in [-0.15, -0.1) is 0 Å². The Morgan fingerprint density at radius 3 is 1.50 bits per heavy atom. The Labute approximate surface area is 115 Å². The van der Waals surface area contributed by atoms with Gasteiger partial charge in [0.25, 0.3) is 0 Å². The standard InChI is InChI=1S/C6H11N.CH4.2Y/c1-6(2)4-7(3)5-6;;;/h1-2,4-5H2,3H3;1H4;;/q-2;;;. The molecule has 0 unspecified atom stereocenters. The molecule has 1 heterocycles. The van der Waals surface area contributed by atoms with Crippen molar-refractivity contribution in [3.05, 3.63) is 13.8 Å². The third-order valence-electron chi connectivity index (χ3n) is 1.21. The molecule has 0 bridgehead atoms. The van der Waals surface area contributed by atoms with Crippen molar-refractivity contribution < 1.29 is 65.4 Å². The van der Waals surface area contributed by atoms with E-state index >= 15 is 0 Å². The van der Waals surface area contributed by atoms with Crippen LogP contribution in [0, 0.1) is 19.3 Å². The summed E-state index contributed by atoms with van der Waals surface area (Å²) in [5, 5.41) is 0. The SMILES string of the molecule is C.[CH2-]C1([CH2-])CN(C)C1.[Y].[Y]. The molecule has 1 aliphatic heterocycles. The predicted molar refractivity (Wildman–Crippen MR) is 37.4 cm³/mol. The number of nitrogens with zero attached hydrogens (tertiary/aromatic N) is 1. The first-order valence-corrected chi connectivity index (χ1v) is 2.49. The van der Waals surface area contributed by atoms with E-state index in [1.165, 1.54) is 0 Å². The van der Waals surface area contributed by atoms with E-state index in [9.17, 15) is 0 Å². The summed E-state index contributed by atoms with van der Waals surface area (Å²) in [4.78, 5) is 2.21. The molecule has 0 saturated carbocycles. The van der Waals surface area contributed by atoms with E-state index in [0.717, 1.165) is 13.1 Å². The van der Waals surface area contributed by atoms with Gasteiger partial charge in [-0.1, -0.05) is 7.43 Å². The van der Waals surface area contributed by atoms with Gasteiger partial charge in [-0.25, -0.2) is 0 Å². The number of rotatable bonds is 0. The maximum absolute atomic E-state index is 3.87. The molecule has 1 fully saturated rings. The summed E-state index contributed by atoms with van der Waals surface area (Å²) in [7, 11) is 2.08. The molecule has 2 radical (unpaired) electrons. The Hall–Kier alpha value is 2.17. The minimum atomic E-state index is 0. The van der Waals surface area contributed by atoms with Crippen LogP contribution in [0.25, 0.3) is 0 Å². The van der Waals surface area contributed by atoms with Crippen LogP contribution in [0.1, 0.15) is 7.43 Å². The van der Waals surface area contributed by atoms with Gasteiger partial charge in [-0.2, -0.15) is 0 Å². The van der Waals surface area contributed by atoms with Crippen molar-refractivity contribution in [3.63, 3.8) is 0 Å². The average Bonchev–Trinajstić information content (AvgIpc) is 1.27. The molecule has 1 nitrogen and oxygen atoms in total. The Kier molecular flexibility index (Phi) is 12.0. The van der Waals surface area contributed by atoms with Gasteiger partial charge in [0, 0.05) is 65.4 Å². The maximum atomic E-state index is 3.87. The molecule has 0 N–H and O–H groups in total. The summed E-state index contributed by atoms with van der Waals surface area (Å²) in [5.74, 6) is 0. The minimum Gasteiger partial charge on any atom is -0.364 e. The van der Waals surface area contributed by atoms with Gasteiger partial charge in [-0.05, 0) is 20.1 Å². The molecule has 56 valence electrons. The zero-order valence-corrected chi connectivity index (χ0v) is 11.6. The van der Waals surface area contributed by atoms with Crippen LogP contribution in [-0.2, 0) is 65.4 Å². The number of hydrogen-bond acceptors (Lipinski definition) is 1. The molecule has 0 aromatic heterocycles. The molecule has 0 atom stereocenters. The monoisotopic (exact) mass is 291 g/mol. The van der Waals surface area contributed by atoms with Crippen LogP contribution in [-0.4, -0.2) is 25.0 Å². The van der Waals surface area contributed by atoms with Crippen LogP contribution in [0.3, 0.4) is 0 Å². The van der Waals surface area contributed by atoms with Crippen LogP contribution >= 0.6 is 0 Å². The summed E-state index contributed by atoms with van der Waals surface area (Å²) in [6.45, 7) is 9.84. The van der Waals surface area contributed by atoms with Gasteiger partial charge >= 0.3 is 0 Å². The number of hydrogen-bond donors (Lipinski definition) is 0. The normalized spacial score (nSPS) is 20.7.